The Morgan fingerprint density at radius 1 is 1.25 bits per heavy atom. The van der Waals surface area contributed by atoms with E-state index in [9.17, 15) is 19.6 Å². The molecule has 2 N–H and O–H groups in total. The van der Waals surface area contributed by atoms with Gasteiger partial charge in [0.05, 0.1) is 11.1 Å². The van der Waals surface area contributed by atoms with Gasteiger partial charge in [-0.2, -0.15) is 5.26 Å². The predicted octanol–water partition coefficient (Wildman–Crippen LogP) is 3.46. The lowest BCUT2D eigenvalue weighted by molar-refractivity contribution is -0.141. The first kappa shape index (κ1) is 25.2. The van der Waals surface area contributed by atoms with Gasteiger partial charge in [-0.3, -0.25) is 14.4 Å². The summed E-state index contributed by atoms with van der Waals surface area (Å²) in [6, 6.07) is 5.48. The van der Waals surface area contributed by atoms with E-state index in [1.165, 1.54) is 0 Å². The number of ether oxygens (including phenoxy) is 1. The molecule has 2 aliphatic heterocycles. The molecule has 0 radical (unpaired) electrons. The van der Waals surface area contributed by atoms with Gasteiger partial charge in [0.1, 0.15) is 17.8 Å². The second-order valence-electron chi connectivity index (χ2n) is 10.6. The molecule has 4 aliphatic rings. The maximum Gasteiger partial charge on any atom is 0.261 e. The minimum absolute atomic E-state index is 0.0144. The molecule has 5 rings (SSSR count). The van der Waals surface area contributed by atoms with Gasteiger partial charge in [-0.25, -0.2) is 0 Å². The molecule has 2 heterocycles. The number of hydrogen-bond acceptors (Lipinski definition) is 5. The van der Waals surface area contributed by atoms with Crippen LogP contribution in [-0.2, 0) is 14.4 Å². The van der Waals surface area contributed by atoms with Gasteiger partial charge in [-0.1, -0.05) is 29.6 Å². The van der Waals surface area contributed by atoms with Gasteiger partial charge in [0.25, 0.3) is 5.91 Å². The average Bonchev–Trinajstić information content (AvgIpc) is 3.25. The second-order valence-corrected chi connectivity index (χ2v) is 11.5. The summed E-state index contributed by atoms with van der Waals surface area (Å²) in [5.74, 6) is -0.297. The molecule has 1 aromatic rings. The topological polar surface area (TPSA) is 112 Å². The molecule has 5 atom stereocenters. The first-order chi connectivity index (χ1) is 17.3. The fourth-order valence-corrected chi connectivity index (χ4v) is 6.62. The number of halogens is 2. The van der Waals surface area contributed by atoms with Crippen LogP contribution in [0.15, 0.2) is 18.2 Å². The van der Waals surface area contributed by atoms with Crippen LogP contribution in [0.4, 0.5) is 0 Å². The number of benzene rings is 1. The third kappa shape index (κ3) is 5.14. The number of carbonyl (C=O) groups excluding carboxylic acids is 3. The van der Waals surface area contributed by atoms with Crippen molar-refractivity contribution in [1.29, 1.82) is 5.26 Å². The zero-order chi connectivity index (χ0) is 25.4. The monoisotopic (exact) mass is 532 g/mol. The largest absolute Gasteiger partial charge is 0.482 e. The van der Waals surface area contributed by atoms with E-state index in [0.29, 0.717) is 22.3 Å². The molecule has 10 heteroatoms. The number of piperidine rings is 1. The van der Waals surface area contributed by atoms with Crippen molar-refractivity contribution in [2.75, 3.05) is 13.2 Å². The maximum absolute atomic E-state index is 13.4. The quantitative estimate of drug-likeness (QED) is 0.558. The number of hydrogen-bond donors (Lipinski definition) is 2. The highest BCUT2D eigenvalue weighted by molar-refractivity contribution is 6.35. The Kier molecular flexibility index (Phi) is 7.06. The summed E-state index contributed by atoms with van der Waals surface area (Å²) in [4.78, 5) is 40.7. The number of rotatable bonds is 7. The zero-order valence-electron chi connectivity index (χ0n) is 20.0. The summed E-state index contributed by atoms with van der Waals surface area (Å²) < 4.78 is 5.64. The van der Waals surface area contributed by atoms with Crippen molar-refractivity contribution in [2.45, 2.75) is 69.0 Å². The van der Waals surface area contributed by atoms with Crippen molar-refractivity contribution < 1.29 is 19.1 Å². The van der Waals surface area contributed by atoms with E-state index in [0.717, 1.165) is 44.9 Å². The maximum atomic E-state index is 13.4. The number of fused-ring (bicyclic) bond motifs is 1. The van der Waals surface area contributed by atoms with Gasteiger partial charge in [0, 0.05) is 23.0 Å². The van der Waals surface area contributed by atoms with Crippen LogP contribution in [0.1, 0.15) is 51.4 Å². The predicted molar refractivity (Wildman–Crippen MR) is 133 cm³/mol. The SMILES string of the molecule is N#C[C@H](C[C@@H]1CCC2(CC2)NC1=O)NC(=O)[C@@H]1[C@H]2CCC[C@H]2CN1C(=O)COc1ccc(Cl)cc1Cl. The number of nitrogens with zero attached hydrogens (tertiary/aromatic N) is 2. The number of nitriles is 1. The summed E-state index contributed by atoms with van der Waals surface area (Å²) in [7, 11) is 0. The van der Waals surface area contributed by atoms with E-state index < -0.39 is 12.1 Å². The van der Waals surface area contributed by atoms with Crippen LogP contribution in [-0.4, -0.2) is 53.4 Å². The molecule has 3 amide bonds. The third-order valence-electron chi connectivity index (χ3n) is 8.30. The lowest BCUT2D eigenvalue weighted by Crippen LogP contribution is -2.53. The standard InChI is InChI=1S/C26H30Cl2N4O4/c27-17-4-5-21(20(28)11-17)36-14-22(33)32-13-16-2-1-3-19(16)23(32)25(35)30-18(12-29)10-15-6-7-26(8-9-26)31-24(15)34/h4-5,11,15-16,18-19,23H,1-3,6-10,13-14H2,(H,30,35)(H,31,34)/t15-,16-,18-,19-,23-/m0/s1. The molecule has 1 spiro atoms. The van der Waals surface area contributed by atoms with Crippen molar-refractivity contribution in [3.63, 3.8) is 0 Å². The van der Waals surface area contributed by atoms with Crippen LogP contribution in [0.3, 0.4) is 0 Å². The Morgan fingerprint density at radius 2 is 2.06 bits per heavy atom. The van der Waals surface area contributed by atoms with E-state index in [1.807, 2.05) is 0 Å². The third-order valence-corrected chi connectivity index (χ3v) is 8.83. The fourth-order valence-electron chi connectivity index (χ4n) is 6.16. The van der Waals surface area contributed by atoms with Crippen LogP contribution in [0, 0.1) is 29.1 Å². The van der Waals surface area contributed by atoms with Crippen molar-refractivity contribution in [3.8, 4) is 11.8 Å². The Morgan fingerprint density at radius 3 is 2.75 bits per heavy atom. The van der Waals surface area contributed by atoms with Crippen molar-refractivity contribution in [3.05, 3.63) is 28.2 Å². The molecule has 36 heavy (non-hydrogen) atoms. The van der Waals surface area contributed by atoms with Crippen LogP contribution in [0.2, 0.25) is 10.0 Å². The molecule has 0 unspecified atom stereocenters. The van der Waals surface area contributed by atoms with Crippen LogP contribution < -0.4 is 15.4 Å². The van der Waals surface area contributed by atoms with E-state index in [1.54, 1.807) is 23.1 Å². The van der Waals surface area contributed by atoms with Crippen LogP contribution in [0.25, 0.3) is 0 Å². The van der Waals surface area contributed by atoms with Crippen molar-refractivity contribution in [2.24, 2.45) is 17.8 Å². The first-order valence-electron chi connectivity index (χ1n) is 12.7. The molecule has 8 nitrogen and oxygen atoms in total. The van der Waals surface area contributed by atoms with Crippen molar-refractivity contribution >= 4 is 40.9 Å². The number of likely N-dealkylation sites (tertiary alicyclic amines) is 1. The van der Waals surface area contributed by atoms with Gasteiger partial charge in [0.15, 0.2) is 6.61 Å². The smallest absolute Gasteiger partial charge is 0.261 e. The fraction of sp³-hybridized carbons (Fsp3) is 0.615. The van der Waals surface area contributed by atoms with Crippen LogP contribution >= 0.6 is 23.2 Å². The van der Waals surface area contributed by atoms with Gasteiger partial charge in [0.2, 0.25) is 11.8 Å². The summed E-state index contributed by atoms with van der Waals surface area (Å²) in [5.41, 5.74) is -0.0144. The Bertz CT molecular complexity index is 1100. The normalized spacial score (nSPS) is 28.7. The van der Waals surface area contributed by atoms with Gasteiger partial charge >= 0.3 is 0 Å². The summed E-state index contributed by atoms with van der Waals surface area (Å²) >= 11 is 12.1. The summed E-state index contributed by atoms with van der Waals surface area (Å²) in [6.45, 7) is 0.236. The van der Waals surface area contributed by atoms with Gasteiger partial charge < -0.3 is 20.3 Å². The van der Waals surface area contributed by atoms with E-state index in [4.69, 9.17) is 27.9 Å². The Balaban J connectivity index is 1.22. The number of carbonyl (C=O) groups is 3. The molecule has 2 saturated carbocycles. The number of nitrogens with one attached hydrogen (secondary N) is 2. The Labute approximate surface area is 220 Å². The Hall–Kier alpha value is -2.50. The second kappa shape index (κ2) is 10.1. The average molecular weight is 533 g/mol. The molecule has 0 bridgehead atoms. The summed E-state index contributed by atoms with van der Waals surface area (Å²) in [5, 5.41) is 16.5. The van der Waals surface area contributed by atoms with Crippen molar-refractivity contribution in [1.82, 2.24) is 15.5 Å². The molecule has 4 fully saturated rings. The van der Waals surface area contributed by atoms with E-state index in [2.05, 4.69) is 16.7 Å². The molecule has 2 aliphatic carbocycles. The highest BCUT2D eigenvalue weighted by atomic mass is 35.5. The molecule has 192 valence electrons. The number of amides is 3. The highest BCUT2D eigenvalue weighted by Crippen LogP contribution is 2.44. The molecular formula is C26H30Cl2N4O4. The molecule has 0 aromatic heterocycles. The highest BCUT2D eigenvalue weighted by Gasteiger charge is 2.50. The first-order valence-corrected chi connectivity index (χ1v) is 13.4. The van der Waals surface area contributed by atoms with Gasteiger partial charge in [-0.15, -0.1) is 0 Å². The molecule has 2 saturated heterocycles. The minimum Gasteiger partial charge on any atom is -0.482 e. The minimum atomic E-state index is -0.789. The molecular weight excluding hydrogens is 503 g/mol. The van der Waals surface area contributed by atoms with Gasteiger partial charge in [-0.05, 0) is 75.0 Å². The lowest BCUT2D eigenvalue weighted by atomic mass is 9.87. The lowest BCUT2D eigenvalue weighted by Gasteiger charge is -2.31. The van der Waals surface area contributed by atoms with E-state index in [-0.39, 0.29) is 54.0 Å². The zero-order valence-corrected chi connectivity index (χ0v) is 21.5. The summed E-state index contributed by atoms with van der Waals surface area (Å²) in [6.07, 6.45) is 6.80. The van der Waals surface area contributed by atoms with E-state index >= 15 is 0 Å². The molecule has 1 aromatic carbocycles. The van der Waals surface area contributed by atoms with Crippen LogP contribution in [0.5, 0.6) is 5.75 Å².